The molecule has 1 aliphatic heterocycles. The van der Waals surface area contributed by atoms with Crippen molar-refractivity contribution < 1.29 is 23.3 Å². The van der Waals surface area contributed by atoms with Crippen molar-refractivity contribution in [2.75, 3.05) is 25.0 Å². The monoisotopic (exact) mass is 668 g/mol. The first-order valence-electron chi connectivity index (χ1n) is 16.5. The standard InChI is InChI=1S/C38H45FN4O4Si/c1-38(2,3)48(35-10-6-4-7-11-35,36-12-8-5-9-13-36)47-34-20-16-31(17-21-34)28-43(39)37(45)42-26-23-33(24-27-42)41-32-18-14-30(15-19-32)22-25-40-46-29-44/h4-21,29,33,40-41H,22-28H2,1-3H3. The van der Waals surface area contributed by atoms with Crippen molar-refractivity contribution in [1.82, 2.24) is 15.5 Å². The lowest BCUT2D eigenvalue weighted by atomic mass is 10.0. The highest BCUT2D eigenvalue weighted by Gasteiger charge is 2.52. The van der Waals surface area contributed by atoms with E-state index in [1.165, 1.54) is 10.4 Å². The maximum atomic E-state index is 15.2. The second-order valence-corrected chi connectivity index (χ2v) is 17.4. The van der Waals surface area contributed by atoms with Gasteiger partial charge in [-0.3, -0.25) is 4.79 Å². The molecule has 4 aromatic rings. The first-order chi connectivity index (χ1) is 23.2. The lowest BCUT2D eigenvalue weighted by Crippen LogP contribution is -2.68. The van der Waals surface area contributed by atoms with Gasteiger partial charge in [0, 0.05) is 31.4 Å². The minimum Gasteiger partial charge on any atom is -0.534 e. The number of anilines is 1. The highest BCUT2D eigenvalue weighted by Crippen LogP contribution is 2.37. The Labute approximate surface area is 283 Å². The second-order valence-electron chi connectivity index (χ2n) is 13.2. The molecule has 252 valence electrons. The number of hydroxylamine groups is 1. The Kier molecular flexibility index (Phi) is 11.5. The molecule has 5 rings (SSSR count). The summed E-state index contributed by atoms with van der Waals surface area (Å²) in [5, 5.41) is 6.00. The molecule has 0 saturated carbocycles. The lowest BCUT2D eigenvalue weighted by Gasteiger charge is -2.43. The molecule has 1 fully saturated rings. The van der Waals surface area contributed by atoms with Gasteiger partial charge in [-0.15, -0.1) is 0 Å². The van der Waals surface area contributed by atoms with Crippen LogP contribution < -0.4 is 25.6 Å². The van der Waals surface area contributed by atoms with Crippen LogP contribution in [0.15, 0.2) is 109 Å². The third-order valence-electron chi connectivity index (χ3n) is 8.88. The normalized spacial score (nSPS) is 13.9. The van der Waals surface area contributed by atoms with E-state index in [2.05, 4.69) is 84.9 Å². The maximum Gasteiger partial charge on any atom is 0.348 e. The van der Waals surface area contributed by atoms with Crippen LogP contribution in [0.25, 0.3) is 0 Å². The van der Waals surface area contributed by atoms with Crippen molar-refractivity contribution >= 4 is 36.9 Å². The summed E-state index contributed by atoms with van der Waals surface area (Å²) in [6, 6.07) is 36.0. The van der Waals surface area contributed by atoms with E-state index >= 15 is 4.48 Å². The van der Waals surface area contributed by atoms with Crippen LogP contribution in [0, 0.1) is 0 Å². The summed E-state index contributed by atoms with van der Waals surface area (Å²) in [5.74, 6) is 0.718. The van der Waals surface area contributed by atoms with Gasteiger partial charge in [0.05, 0.1) is 6.54 Å². The van der Waals surface area contributed by atoms with Crippen molar-refractivity contribution in [2.24, 2.45) is 0 Å². The average Bonchev–Trinajstić information content (AvgIpc) is 3.11. The molecule has 0 aliphatic carbocycles. The number of halogens is 1. The van der Waals surface area contributed by atoms with Crippen molar-refractivity contribution in [1.29, 1.82) is 0 Å². The highest BCUT2D eigenvalue weighted by atomic mass is 28.4. The van der Waals surface area contributed by atoms with E-state index in [1.54, 1.807) is 4.90 Å². The van der Waals surface area contributed by atoms with Crippen LogP contribution in [0.1, 0.15) is 44.7 Å². The Balaban J connectivity index is 1.16. The highest BCUT2D eigenvalue weighted by molar-refractivity contribution is 7.00. The third kappa shape index (κ3) is 8.42. The molecule has 0 unspecified atom stereocenters. The summed E-state index contributed by atoms with van der Waals surface area (Å²) >= 11 is 0. The fraction of sp³-hybridized carbons (Fsp3) is 0.316. The number of hydrogen-bond donors (Lipinski definition) is 2. The largest absolute Gasteiger partial charge is 0.534 e. The Morgan fingerprint density at radius 2 is 1.44 bits per heavy atom. The van der Waals surface area contributed by atoms with Gasteiger partial charge in [0.15, 0.2) is 0 Å². The van der Waals surface area contributed by atoms with Crippen molar-refractivity contribution in [3.8, 4) is 5.75 Å². The van der Waals surface area contributed by atoms with Crippen LogP contribution >= 0.6 is 0 Å². The molecule has 1 saturated heterocycles. The number of nitrogens with one attached hydrogen (secondary N) is 2. The van der Waals surface area contributed by atoms with Gasteiger partial charge >= 0.3 is 20.8 Å². The molecule has 1 aliphatic rings. The smallest absolute Gasteiger partial charge is 0.348 e. The first kappa shape index (κ1) is 34.7. The molecule has 0 atom stereocenters. The van der Waals surface area contributed by atoms with E-state index < -0.39 is 14.3 Å². The quantitative estimate of drug-likeness (QED) is 0.0578. The summed E-state index contributed by atoms with van der Waals surface area (Å²) in [6.07, 6.45) is 2.18. The van der Waals surface area contributed by atoms with Gasteiger partial charge in [-0.25, -0.2) is 4.79 Å². The zero-order chi connectivity index (χ0) is 34.0. The van der Waals surface area contributed by atoms with E-state index in [-0.39, 0.29) is 17.6 Å². The number of piperidine rings is 1. The van der Waals surface area contributed by atoms with Crippen LogP contribution in [0.4, 0.5) is 15.0 Å². The maximum absolute atomic E-state index is 15.2. The van der Waals surface area contributed by atoms with E-state index in [0.29, 0.717) is 36.8 Å². The summed E-state index contributed by atoms with van der Waals surface area (Å²) in [6.45, 7) is 8.40. The molecular weight excluding hydrogens is 624 g/mol. The van der Waals surface area contributed by atoms with Gasteiger partial charge in [-0.1, -0.05) is 110 Å². The van der Waals surface area contributed by atoms with Gasteiger partial charge in [0.2, 0.25) is 0 Å². The van der Waals surface area contributed by atoms with Crippen LogP contribution in [0.5, 0.6) is 5.75 Å². The fourth-order valence-corrected chi connectivity index (χ4v) is 10.8. The van der Waals surface area contributed by atoms with Crippen molar-refractivity contribution in [3.63, 3.8) is 0 Å². The topological polar surface area (TPSA) is 83.1 Å². The summed E-state index contributed by atoms with van der Waals surface area (Å²) in [4.78, 5) is 29.3. The van der Waals surface area contributed by atoms with Gasteiger partial charge in [-0.05, 0) is 70.1 Å². The molecule has 4 aromatic carbocycles. The van der Waals surface area contributed by atoms with Gasteiger partial charge < -0.3 is 19.5 Å². The molecule has 2 N–H and O–H groups in total. The average molecular weight is 669 g/mol. The molecule has 1 heterocycles. The summed E-state index contributed by atoms with van der Waals surface area (Å²) in [7, 11) is -2.79. The molecule has 0 bridgehead atoms. The number of hydrogen-bond acceptors (Lipinski definition) is 6. The molecule has 10 heteroatoms. The predicted octanol–water partition coefficient (Wildman–Crippen LogP) is 6.23. The number of amides is 2. The number of nitrogens with zero attached hydrogens (tertiary/aromatic N) is 2. The van der Waals surface area contributed by atoms with Crippen LogP contribution in [-0.4, -0.2) is 56.5 Å². The molecular formula is C38H45FN4O4Si. The van der Waals surface area contributed by atoms with Crippen LogP contribution in [-0.2, 0) is 22.6 Å². The van der Waals surface area contributed by atoms with Gasteiger partial charge in [0.1, 0.15) is 5.75 Å². The number of carbonyl (C=O) groups is 2. The fourth-order valence-electron chi connectivity index (χ4n) is 6.38. The van der Waals surface area contributed by atoms with Gasteiger partial charge in [0.25, 0.3) is 0 Å². The van der Waals surface area contributed by atoms with E-state index in [4.69, 9.17) is 4.43 Å². The van der Waals surface area contributed by atoms with Crippen LogP contribution in [0.2, 0.25) is 5.04 Å². The first-order valence-corrected chi connectivity index (χ1v) is 18.4. The molecule has 48 heavy (non-hydrogen) atoms. The van der Waals surface area contributed by atoms with E-state index in [0.717, 1.165) is 36.3 Å². The van der Waals surface area contributed by atoms with Crippen molar-refractivity contribution in [3.05, 3.63) is 120 Å². The van der Waals surface area contributed by atoms with E-state index in [9.17, 15) is 9.59 Å². The van der Waals surface area contributed by atoms with E-state index in [1.807, 2.05) is 60.7 Å². The Morgan fingerprint density at radius 3 is 1.98 bits per heavy atom. The number of urea groups is 1. The molecule has 0 radical (unpaired) electrons. The molecule has 0 spiro atoms. The minimum atomic E-state index is -2.79. The number of likely N-dealkylation sites (tertiary alicyclic amines) is 1. The second kappa shape index (κ2) is 15.9. The SMILES string of the molecule is CC(C)(C)[Si](Oc1ccc(CN(F)C(=O)N2CCC(Nc3ccc(CCNOC=O)cc3)CC2)cc1)(c1ccccc1)c1ccccc1. The summed E-state index contributed by atoms with van der Waals surface area (Å²) < 4.78 is 22.3. The zero-order valence-corrected chi connectivity index (χ0v) is 28.9. The summed E-state index contributed by atoms with van der Waals surface area (Å²) in [5.41, 5.74) is 5.37. The molecule has 0 aromatic heterocycles. The Bertz CT molecular complexity index is 1550. The number of carbonyl (C=O) groups excluding carboxylic acids is 2. The Hall–Kier alpha value is -4.67. The predicted molar refractivity (Wildman–Crippen MR) is 190 cm³/mol. The Morgan fingerprint density at radius 1 is 0.875 bits per heavy atom. The van der Waals surface area contributed by atoms with Crippen LogP contribution in [0.3, 0.4) is 0 Å². The minimum absolute atomic E-state index is 0.139. The number of rotatable bonds is 13. The number of benzene rings is 4. The van der Waals surface area contributed by atoms with Gasteiger partial charge in [-0.2, -0.15) is 10.6 Å². The lowest BCUT2D eigenvalue weighted by molar-refractivity contribution is -0.135. The van der Waals surface area contributed by atoms with Crippen molar-refractivity contribution in [2.45, 2.75) is 57.7 Å². The molecule has 8 nitrogen and oxygen atoms in total. The molecule has 2 amide bonds. The third-order valence-corrected chi connectivity index (χ3v) is 13.8. The zero-order valence-electron chi connectivity index (χ0n) is 27.9.